The van der Waals surface area contributed by atoms with Gasteiger partial charge in [-0.2, -0.15) is 0 Å². The van der Waals surface area contributed by atoms with E-state index < -0.39 is 0 Å². The topological polar surface area (TPSA) is 49.3 Å². The number of carbonyl (C=O) groups is 1. The Morgan fingerprint density at radius 1 is 1.59 bits per heavy atom. The van der Waals surface area contributed by atoms with Crippen LogP contribution in [0.5, 0.6) is 0 Å². The van der Waals surface area contributed by atoms with Gasteiger partial charge in [-0.15, -0.1) is 11.8 Å². The summed E-state index contributed by atoms with van der Waals surface area (Å²) in [5, 5.41) is 11.9. The predicted molar refractivity (Wildman–Crippen MR) is 73.8 cm³/mol. The third-order valence-electron chi connectivity index (χ3n) is 2.27. The van der Waals surface area contributed by atoms with Gasteiger partial charge in [0.05, 0.1) is 11.9 Å². The van der Waals surface area contributed by atoms with Crippen molar-refractivity contribution < 1.29 is 9.90 Å². The molecule has 1 aromatic carbocycles. The smallest absolute Gasteiger partial charge is 0.237 e. The number of aliphatic hydroxyl groups is 1. The molecule has 2 N–H and O–H groups in total. The van der Waals surface area contributed by atoms with Crippen LogP contribution < -0.4 is 5.32 Å². The monoisotopic (exact) mass is 273 g/mol. The molecule has 94 valence electrons. The number of nitrogens with one attached hydrogen (secondary N) is 1. The van der Waals surface area contributed by atoms with Gasteiger partial charge in [0.15, 0.2) is 0 Å². The quantitative estimate of drug-likeness (QED) is 0.867. The van der Waals surface area contributed by atoms with Gasteiger partial charge >= 0.3 is 0 Å². The van der Waals surface area contributed by atoms with Gasteiger partial charge < -0.3 is 10.4 Å². The minimum atomic E-state index is -0.192. The van der Waals surface area contributed by atoms with Crippen molar-refractivity contribution in [2.45, 2.75) is 19.1 Å². The lowest BCUT2D eigenvalue weighted by Gasteiger charge is -2.11. The molecule has 0 radical (unpaired) electrons. The summed E-state index contributed by atoms with van der Waals surface area (Å²) in [6.07, 6.45) is 0. The fraction of sp³-hybridized carbons (Fsp3) is 0.417. The number of aliphatic hydroxyl groups excluding tert-OH is 1. The van der Waals surface area contributed by atoms with Gasteiger partial charge in [0.25, 0.3) is 0 Å². The van der Waals surface area contributed by atoms with Crippen LogP contribution in [0.15, 0.2) is 18.2 Å². The second-order valence-electron chi connectivity index (χ2n) is 3.69. The van der Waals surface area contributed by atoms with Crippen LogP contribution >= 0.6 is 23.4 Å². The van der Waals surface area contributed by atoms with Crippen molar-refractivity contribution in [3.63, 3.8) is 0 Å². The van der Waals surface area contributed by atoms with Crippen molar-refractivity contribution in [1.29, 1.82) is 0 Å². The lowest BCUT2D eigenvalue weighted by Crippen LogP contribution is -2.23. The first-order chi connectivity index (χ1) is 8.04. The first-order valence-corrected chi connectivity index (χ1v) is 6.76. The molecular weight excluding hydrogens is 258 g/mol. The number of carbonyl (C=O) groups excluding carboxylic acids is 1. The van der Waals surface area contributed by atoms with E-state index in [1.54, 1.807) is 6.07 Å². The number of thioether (sulfide) groups is 1. The van der Waals surface area contributed by atoms with E-state index in [0.29, 0.717) is 16.5 Å². The Hall–Kier alpha value is -0.710. The fourth-order valence-corrected chi connectivity index (χ4v) is 2.07. The lowest BCUT2D eigenvalue weighted by molar-refractivity contribution is -0.115. The van der Waals surface area contributed by atoms with Crippen molar-refractivity contribution in [2.75, 3.05) is 17.7 Å². The number of amides is 1. The number of hydrogen-bond donors (Lipinski definition) is 2. The first-order valence-electron chi connectivity index (χ1n) is 5.34. The molecule has 0 aromatic heterocycles. The Bertz CT molecular complexity index is 398. The molecule has 0 aliphatic carbocycles. The molecule has 5 heteroatoms. The largest absolute Gasteiger partial charge is 0.396 e. The highest BCUT2D eigenvalue weighted by Crippen LogP contribution is 2.21. The maximum Gasteiger partial charge on any atom is 0.237 e. The molecule has 0 heterocycles. The fourth-order valence-electron chi connectivity index (χ4n) is 1.22. The highest BCUT2D eigenvalue weighted by atomic mass is 35.5. The van der Waals surface area contributed by atoms with E-state index in [9.17, 15) is 4.79 Å². The zero-order valence-corrected chi connectivity index (χ0v) is 11.4. The molecule has 1 unspecified atom stereocenters. The van der Waals surface area contributed by atoms with Gasteiger partial charge in [-0.25, -0.2) is 0 Å². The van der Waals surface area contributed by atoms with Crippen molar-refractivity contribution in [2.24, 2.45) is 0 Å². The number of rotatable bonds is 5. The van der Waals surface area contributed by atoms with Crippen LogP contribution in [0.2, 0.25) is 5.02 Å². The van der Waals surface area contributed by atoms with Crippen molar-refractivity contribution in [3.8, 4) is 0 Å². The summed E-state index contributed by atoms with van der Waals surface area (Å²) in [5.74, 6) is 0.479. The number of aryl methyl sites for hydroxylation is 1. The summed E-state index contributed by atoms with van der Waals surface area (Å²) < 4.78 is 0. The van der Waals surface area contributed by atoms with Crippen molar-refractivity contribution in [1.82, 2.24) is 0 Å². The van der Waals surface area contributed by atoms with Crippen LogP contribution in [-0.4, -0.2) is 28.6 Å². The summed E-state index contributed by atoms with van der Waals surface area (Å²) in [5.41, 5.74) is 1.68. The molecule has 0 fully saturated rings. The molecule has 3 nitrogen and oxygen atoms in total. The van der Waals surface area contributed by atoms with E-state index in [0.717, 1.165) is 5.56 Å². The Labute approximate surface area is 111 Å². The zero-order chi connectivity index (χ0) is 12.8. The molecule has 1 atom stereocenters. The molecule has 1 amide bonds. The Morgan fingerprint density at radius 2 is 2.29 bits per heavy atom. The molecular formula is C12H16ClNO2S. The molecule has 0 aliphatic rings. The van der Waals surface area contributed by atoms with E-state index in [1.165, 1.54) is 11.8 Å². The van der Waals surface area contributed by atoms with E-state index in [2.05, 4.69) is 5.32 Å². The normalized spacial score (nSPS) is 12.2. The summed E-state index contributed by atoms with van der Waals surface area (Å²) in [4.78, 5) is 11.8. The standard InChI is InChI=1S/C12H16ClNO2S/c1-8-3-4-10(7-11(8)13)14-12(16)9(2)17-6-5-15/h3-4,7,9,15H,5-6H2,1-2H3,(H,14,16). The number of hydrogen-bond acceptors (Lipinski definition) is 3. The SMILES string of the molecule is Cc1ccc(NC(=O)C(C)SCCO)cc1Cl. The highest BCUT2D eigenvalue weighted by Gasteiger charge is 2.13. The summed E-state index contributed by atoms with van der Waals surface area (Å²) in [6.45, 7) is 3.80. The first kappa shape index (κ1) is 14.4. The van der Waals surface area contributed by atoms with Crippen molar-refractivity contribution in [3.05, 3.63) is 28.8 Å². The van der Waals surface area contributed by atoms with Crippen LogP contribution in [0.1, 0.15) is 12.5 Å². The zero-order valence-electron chi connectivity index (χ0n) is 9.87. The van der Waals surface area contributed by atoms with Gasteiger partial charge in [-0.05, 0) is 31.5 Å². The van der Waals surface area contributed by atoms with Crippen LogP contribution in [0.25, 0.3) is 0 Å². The third-order valence-corrected chi connectivity index (χ3v) is 3.81. The van der Waals surface area contributed by atoms with E-state index >= 15 is 0 Å². The average Bonchev–Trinajstić information content (AvgIpc) is 2.30. The number of benzene rings is 1. The molecule has 1 rings (SSSR count). The molecule has 17 heavy (non-hydrogen) atoms. The third kappa shape index (κ3) is 4.58. The molecule has 0 aliphatic heterocycles. The average molecular weight is 274 g/mol. The maximum atomic E-state index is 11.8. The maximum absolute atomic E-state index is 11.8. The number of halogens is 1. The summed E-state index contributed by atoms with van der Waals surface area (Å²) >= 11 is 7.39. The van der Waals surface area contributed by atoms with Crippen LogP contribution in [0.3, 0.4) is 0 Å². The van der Waals surface area contributed by atoms with E-state index in [4.69, 9.17) is 16.7 Å². The Balaban J connectivity index is 2.58. The van der Waals surface area contributed by atoms with E-state index in [-0.39, 0.29) is 17.8 Å². The second-order valence-corrected chi connectivity index (χ2v) is 5.55. The van der Waals surface area contributed by atoms with Crippen LogP contribution in [-0.2, 0) is 4.79 Å². The number of anilines is 1. The minimum absolute atomic E-state index is 0.0802. The Kier molecular flexibility index (Phi) is 5.82. The van der Waals surface area contributed by atoms with Gasteiger partial charge in [-0.3, -0.25) is 4.79 Å². The van der Waals surface area contributed by atoms with Gasteiger partial charge in [-0.1, -0.05) is 17.7 Å². The Morgan fingerprint density at radius 3 is 2.88 bits per heavy atom. The molecule has 0 saturated heterocycles. The molecule has 0 saturated carbocycles. The lowest BCUT2D eigenvalue weighted by atomic mass is 10.2. The van der Waals surface area contributed by atoms with Gasteiger partial charge in [0.1, 0.15) is 0 Å². The van der Waals surface area contributed by atoms with Crippen molar-refractivity contribution >= 4 is 35.0 Å². The summed E-state index contributed by atoms with van der Waals surface area (Å²) in [6, 6.07) is 5.42. The second kappa shape index (κ2) is 6.89. The minimum Gasteiger partial charge on any atom is -0.396 e. The summed E-state index contributed by atoms with van der Waals surface area (Å²) in [7, 11) is 0. The predicted octanol–water partition coefficient (Wildman–Crippen LogP) is 2.70. The van der Waals surface area contributed by atoms with E-state index in [1.807, 2.05) is 26.0 Å². The molecule has 0 bridgehead atoms. The highest BCUT2D eigenvalue weighted by molar-refractivity contribution is 8.00. The van der Waals surface area contributed by atoms with Crippen LogP contribution in [0.4, 0.5) is 5.69 Å². The van der Waals surface area contributed by atoms with Gasteiger partial charge in [0, 0.05) is 16.5 Å². The molecule has 1 aromatic rings. The van der Waals surface area contributed by atoms with Gasteiger partial charge in [0.2, 0.25) is 5.91 Å². The molecule has 0 spiro atoms. The van der Waals surface area contributed by atoms with Crippen LogP contribution in [0, 0.1) is 6.92 Å².